The van der Waals surface area contributed by atoms with Gasteiger partial charge in [0.05, 0.1) is 12.6 Å². The number of rotatable bonds is 7. The summed E-state index contributed by atoms with van der Waals surface area (Å²) < 4.78 is 0. The van der Waals surface area contributed by atoms with E-state index in [-0.39, 0.29) is 11.9 Å². The van der Waals surface area contributed by atoms with Crippen molar-refractivity contribution in [2.45, 2.75) is 13.0 Å². The van der Waals surface area contributed by atoms with Crippen molar-refractivity contribution in [3.05, 3.63) is 77.9 Å². The first-order chi connectivity index (χ1) is 13.2. The lowest BCUT2D eigenvalue weighted by molar-refractivity contribution is -0.123. The van der Waals surface area contributed by atoms with E-state index in [2.05, 4.69) is 51.5 Å². The molecule has 142 valence electrons. The first kappa shape index (κ1) is 19.3. The number of nitrogens with zero attached hydrogens (tertiary/aromatic N) is 2. The lowest BCUT2D eigenvalue weighted by Gasteiger charge is -2.33. The summed E-state index contributed by atoms with van der Waals surface area (Å²) >= 11 is 0. The highest BCUT2D eigenvalue weighted by Crippen LogP contribution is 2.11. The maximum absolute atomic E-state index is 12.3. The van der Waals surface area contributed by atoms with Crippen molar-refractivity contribution in [2.75, 3.05) is 39.3 Å². The molecule has 1 unspecified atom stereocenters. The smallest absolute Gasteiger partial charge is 0.234 e. The minimum absolute atomic E-state index is 0.0445. The molecule has 0 spiro atoms. The molecule has 1 fully saturated rings. The molecule has 27 heavy (non-hydrogen) atoms. The molecule has 0 aliphatic carbocycles. The van der Waals surface area contributed by atoms with Crippen molar-refractivity contribution in [1.82, 2.24) is 15.1 Å². The van der Waals surface area contributed by atoms with E-state index in [9.17, 15) is 4.79 Å². The fourth-order valence-electron chi connectivity index (χ4n) is 3.35. The summed E-state index contributed by atoms with van der Waals surface area (Å²) in [6.07, 6.45) is 4.39. The molecule has 4 nitrogen and oxygen atoms in total. The number of carbonyl (C=O) groups is 1. The van der Waals surface area contributed by atoms with E-state index < -0.39 is 0 Å². The number of amides is 1. The van der Waals surface area contributed by atoms with Crippen molar-refractivity contribution in [3.8, 4) is 0 Å². The third kappa shape index (κ3) is 6.35. The van der Waals surface area contributed by atoms with Gasteiger partial charge in [-0.05, 0) is 18.1 Å². The highest BCUT2D eigenvalue weighted by molar-refractivity contribution is 5.78. The van der Waals surface area contributed by atoms with Gasteiger partial charge in [0.15, 0.2) is 0 Å². The van der Waals surface area contributed by atoms with Crippen LogP contribution in [0.15, 0.2) is 66.7 Å². The molecule has 4 heteroatoms. The fourth-order valence-corrected chi connectivity index (χ4v) is 3.35. The third-order valence-electron chi connectivity index (χ3n) is 4.98. The topological polar surface area (TPSA) is 35.6 Å². The van der Waals surface area contributed by atoms with E-state index >= 15 is 0 Å². The Labute approximate surface area is 162 Å². The normalized spacial score (nSPS) is 17.1. The van der Waals surface area contributed by atoms with Gasteiger partial charge >= 0.3 is 0 Å². The summed E-state index contributed by atoms with van der Waals surface area (Å²) in [6, 6.07) is 20.5. The van der Waals surface area contributed by atoms with E-state index in [0.717, 1.165) is 38.3 Å². The molecule has 3 rings (SSSR count). The zero-order valence-corrected chi connectivity index (χ0v) is 16.1. The molecule has 1 aliphatic heterocycles. The number of benzene rings is 2. The summed E-state index contributed by atoms with van der Waals surface area (Å²) in [7, 11) is 0. The maximum atomic E-state index is 12.3. The average Bonchev–Trinajstić information content (AvgIpc) is 2.71. The van der Waals surface area contributed by atoms with Crippen molar-refractivity contribution < 1.29 is 4.79 Å². The van der Waals surface area contributed by atoms with Gasteiger partial charge in [0, 0.05) is 32.7 Å². The predicted molar refractivity (Wildman–Crippen MR) is 111 cm³/mol. The molecule has 2 aromatic rings. The van der Waals surface area contributed by atoms with E-state index in [1.165, 1.54) is 5.56 Å². The van der Waals surface area contributed by atoms with Gasteiger partial charge in [-0.3, -0.25) is 14.6 Å². The Bertz CT molecular complexity index is 722. The van der Waals surface area contributed by atoms with Crippen LogP contribution in [-0.4, -0.2) is 55.0 Å². The van der Waals surface area contributed by atoms with Crippen LogP contribution in [0.5, 0.6) is 0 Å². The van der Waals surface area contributed by atoms with Gasteiger partial charge in [-0.2, -0.15) is 0 Å². The highest BCUT2D eigenvalue weighted by Gasteiger charge is 2.19. The van der Waals surface area contributed by atoms with Gasteiger partial charge in [0.1, 0.15) is 0 Å². The van der Waals surface area contributed by atoms with Crippen LogP contribution in [0.3, 0.4) is 0 Å². The van der Waals surface area contributed by atoms with Gasteiger partial charge in [0.25, 0.3) is 0 Å². The van der Waals surface area contributed by atoms with Crippen molar-refractivity contribution in [1.29, 1.82) is 0 Å². The summed E-state index contributed by atoms with van der Waals surface area (Å²) in [5.74, 6) is 0.101. The minimum Gasteiger partial charge on any atom is -0.348 e. The molecule has 1 heterocycles. The van der Waals surface area contributed by atoms with E-state index in [1.807, 2.05) is 43.3 Å². The number of piperazine rings is 1. The first-order valence-corrected chi connectivity index (χ1v) is 9.71. The molecule has 0 aromatic heterocycles. The maximum Gasteiger partial charge on any atom is 0.234 e. The summed E-state index contributed by atoms with van der Waals surface area (Å²) in [6.45, 7) is 7.34. The molecular weight excluding hydrogens is 334 g/mol. The van der Waals surface area contributed by atoms with E-state index in [4.69, 9.17) is 0 Å². The standard InChI is InChI=1S/C23H29N3O/c1-20(22-12-6-3-7-13-22)24-23(27)19-26-17-15-25(16-18-26)14-8-11-21-9-4-2-5-10-21/h2-13,20H,14-19H2,1H3,(H,24,27). The van der Waals surface area contributed by atoms with Gasteiger partial charge < -0.3 is 5.32 Å². The Morgan fingerprint density at radius 3 is 2.22 bits per heavy atom. The number of carbonyl (C=O) groups excluding carboxylic acids is 1. The first-order valence-electron chi connectivity index (χ1n) is 9.71. The molecule has 0 saturated carbocycles. The lowest BCUT2D eigenvalue weighted by Crippen LogP contribution is -2.49. The van der Waals surface area contributed by atoms with Gasteiger partial charge in [-0.1, -0.05) is 72.8 Å². The molecule has 0 bridgehead atoms. The summed E-state index contributed by atoms with van der Waals surface area (Å²) in [5.41, 5.74) is 2.38. The van der Waals surface area contributed by atoms with Crippen LogP contribution in [0.25, 0.3) is 6.08 Å². The summed E-state index contributed by atoms with van der Waals surface area (Å²) in [5, 5.41) is 3.10. The SMILES string of the molecule is CC(NC(=O)CN1CCN(CC=Cc2ccccc2)CC1)c1ccccc1. The zero-order chi connectivity index (χ0) is 18.9. The van der Waals surface area contributed by atoms with Crippen LogP contribution < -0.4 is 5.32 Å². The van der Waals surface area contributed by atoms with Crippen LogP contribution in [-0.2, 0) is 4.79 Å². The van der Waals surface area contributed by atoms with E-state index in [0.29, 0.717) is 6.54 Å². The second-order valence-corrected chi connectivity index (χ2v) is 7.09. The number of nitrogens with one attached hydrogen (secondary N) is 1. The largest absolute Gasteiger partial charge is 0.348 e. The van der Waals surface area contributed by atoms with Gasteiger partial charge in [0.2, 0.25) is 5.91 Å². The monoisotopic (exact) mass is 363 g/mol. The molecule has 1 saturated heterocycles. The Hall–Kier alpha value is -2.43. The van der Waals surface area contributed by atoms with Crippen molar-refractivity contribution >= 4 is 12.0 Å². The summed E-state index contributed by atoms with van der Waals surface area (Å²) in [4.78, 5) is 17.0. The predicted octanol–water partition coefficient (Wildman–Crippen LogP) is 3.19. The molecule has 1 amide bonds. The molecule has 1 N–H and O–H groups in total. The Kier molecular flexibility index (Phi) is 7.19. The lowest BCUT2D eigenvalue weighted by atomic mass is 10.1. The van der Waals surface area contributed by atoms with Crippen LogP contribution >= 0.6 is 0 Å². The average molecular weight is 364 g/mol. The second kappa shape index (κ2) is 10.0. The molecular formula is C23H29N3O. The molecule has 1 aliphatic rings. The van der Waals surface area contributed by atoms with Crippen molar-refractivity contribution in [3.63, 3.8) is 0 Å². The second-order valence-electron chi connectivity index (χ2n) is 7.09. The Morgan fingerprint density at radius 1 is 0.963 bits per heavy atom. The van der Waals surface area contributed by atoms with Crippen molar-refractivity contribution in [2.24, 2.45) is 0 Å². The Balaban J connectivity index is 1.36. The number of hydrogen-bond acceptors (Lipinski definition) is 3. The van der Waals surface area contributed by atoms with Gasteiger partial charge in [-0.15, -0.1) is 0 Å². The molecule has 0 radical (unpaired) electrons. The van der Waals surface area contributed by atoms with Crippen LogP contribution in [0.2, 0.25) is 0 Å². The minimum atomic E-state index is 0.0445. The van der Waals surface area contributed by atoms with Crippen LogP contribution in [0.1, 0.15) is 24.1 Å². The molecule has 1 atom stereocenters. The fraction of sp³-hybridized carbons (Fsp3) is 0.348. The van der Waals surface area contributed by atoms with Crippen LogP contribution in [0, 0.1) is 0 Å². The van der Waals surface area contributed by atoms with E-state index in [1.54, 1.807) is 0 Å². The highest BCUT2D eigenvalue weighted by atomic mass is 16.2. The zero-order valence-electron chi connectivity index (χ0n) is 16.1. The van der Waals surface area contributed by atoms with Gasteiger partial charge in [-0.25, -0.2) is 0 Å². The number of hydrogen-bond donors (Lipinski definition) is 1. The Morgan fingerprint density at radius 2 is 1.56 bits per heavy atom. The van der Waals surface area contributed by atoms with Crippen LogP contribution in [0.4, 0.5) is 0 Å². The molecule has 2 aromatic carbocycles. The quantitative estimate of drug-likeness (QED) is 0.821. The third-order valence-corrected chi connectivity index (χ3v) is 4.98.